The van der Waals surface area contributed by atoms with Gasteiger partial charge in [0, 0.05) is 19.8 Å². The summed E-state index contributed by atoms with van der Waals surface area (Å²) in [6.07, 6.45) is 5.31. The maximum Gasteiger partial charge on any atom is 0.339 e. The first-order valence-corrected chi connectivity index (χ1v) is 5.17. The van der Waals surface area contributed by atoms with Crippen LogP contribution >= 0.6 is 0 Å². The van der Waals surface area contributed by atoms with Crippen molar-refractivity contribution in [1.29, 1.82) is 0 Å². The van der Waals surface area contributed by atoms with Crippen LogP contribution in [0.1, 0.15) is 23.2 Å². The van der Waals surface area contributed by atoms with Gasteiger partial charge in [-0.25, -0.2) is 9.78 Å². The van der Waals surface area contributed by atoms with Crippen LogP contribution in [0.25, 0.3) is 0 Å². The smallest absolute Gasteiger partial charge is 0.339 e. The molecule has 0 unspecified atom stereocenters. The summed E-state index contributed by atoms with van der Waals surface area (Å²) in [6, 6.07) is 3.19. The van der Waals surface area contributed by atoms with Crippen LogP contribution < -0.4 is 4.90 Å². The zero-order valence-corrected chi connectivity index (χ0v) is 9.39. The fourth-order valence-corrected chi connectivity index (χ4v) is 1.45. The number of hydrogen-bond donors (Lipinski definition) is 1. The Morgan fingerprint density at radius 2 is 2.44 bits per heavy atom. The second-order valence-corrected chi connectivity index (χ2v) is 3.53. The van der Waals surface area contributed by atoms with Crippen molar-refractivity contribution in [2.75, 3.05) is 18.5 Å². The van der Waals surface area contributed by atoms with Gasteiger partial charge in [-0.15, -0.1) is 6.58 Å². The molecule has 1 N–H and O–H groups in total. The van der Waals surface area contributed by atoms with Crippen molar-refractivity contribution >= 4 is 11.8 Å². The fourth-order valence-electron chi connectivity index (χ4n) is 1.45. The minimum absolute atomic E-state index is 0.239. The van der Waals surface area contributed by atoms with Crippen LogP contribution in [0.3, 0.4) is 0 Å². The van der Waals surface area contributed by atoms with Gasteiger partial charge in [0.05, 0.1) is 0 Å². The Bertz CT molecular complexity index is 377. The number of hydrogen-bond acceptors (Lipinski definition) is 3. The molecule has 0 bridgehead atoms. The highest BCUT2D eigenvalue weighted by molar-refractivity contribution is 5.93. The van der Waals surface area contributed by atoms with Crippen LogP contribution in [0, 0.1) is 0 Å². The number of aromatic carboxylic acids is 1. The van der Waals surface area contributed by atoms with E-state index in [0.29, 0.717) is 5.82 Å². The van der Waals surface area contributed by atoms with Crippen LogP contribution in [-0.4, -0.2) is 29.7 Å². The number of pyridine rings is 1. The number of allylic oxidation sites excluding steroid dienone is 1. The highest BCUT2D eigenvalue weighted by Crippen LogP contribution is 2.15. The standard InChI is InChI=1S/C12H16N2O2/c1-3-4-5-9-14(2)11-10(12(15)16)7-6-8-13-11/h3,6-8H,1,4-5,9H2,2H3,(H,15,16). The van der Waals surface area contributed by atoms with E-state index in [1.54, 1.807) is 18.3 Å². The molecule has 0 saturated carbocycles. The van der Waals surface area contributed by atoms with Gasteiger partial charge in [0.2, 0.25) is 0 Å². The maximum atomic E-state index is 11.0. The summed E-state index contributed by atoms with van der Waals surface area (Å²) in [5.74, 6) is -0.433. The zero-order chi connectivity index (χ0) is 12.0. The number of carboxylic acid groups (broad SMARTS) is 1. The largest absolute Gasteiger partial charge is 0.478 e. The van der Waals surface area contributed by atoms with Crippen LogP contribution in [0.4, 0.5) is 5.82 Å². The second kappa shape index (κ2) is 5.90. The summed E-state index contributed by atoms with van der Waals surface area (Å²) in [6.45, 7) is 4.41. The molecule has 0 atom stereocenters. The third-order valence-electron chi connectivity index (χ3n) is 2.28. The molecule has 1 aromatic rings. The lowest BCUT2D eigenvalue weighted by atomic mass is 10.2. The van der Waals surface area contributed by atoms with Gasteiger partial charge < -0.3 is 10.0 Å². The summed E-state index contributed by atoms with van der Waals surface area (Å²) in [5, 5.41) is 9.00. The third kappa shape index (κ3) is 3.08. The van der Waals surface area contributed by atoms with E-state index in [1.165, 1.54) is 0 Å². The molecule has 16 heavy (non-hydrogen) atoms. The predicted molar refractivity (Wildman–Crippen MR) is 63.9 cm³/mol. The predicted octanol–water partition coefficient (Wildman–Crippen LogP) is 2.18. The number of unbranched alkanes of at least 4 members (excludes halogenated alkanes) is 1. The Balaban J connectivity index is 2.77. The molecule has 4 nitrogen and oxygen atoms in total. The van der Waals surface area contributed by atoms with Crippen molar-refractivity contribution in [3.63, 3.8) is 0 Å². The van der Waals surface area contributed by atoms with E-state index in [-0.39, 0.29) is 5.56 Å². The normalized spacial score (nSPS) is 9.81. The van der Waals surface area contributed by atoms with Crippen LogP contribution in [0.15, 0.2) is 31.0 Å². The van der Waals surface area contributed by atoms with Gasteiger partial charge in [-0.3, -0.25) is 0 Å². The SMILES string of the molecule is C=CCCCN(C)c1ncccc1C(=O)O. The molecule has 0 spiro atoms. The van der Waals surface area contributed by atoms with Crippen LogP contribution in [0.2, 0.25) is 0 Å². The van der Waals surface area contributed by atoms with Crippen molar-refractivity contribution in [3.8, 4) is 0 Å². The van der Waals surface area contributed by atoms with Gasteiger partial charge in [-0.2, -0.15) is 0 Å². The highest BCUT2D eigenvalue weighted by Gasteiger charge is 2.13. The monoisotopic (exact) mass is 220 g/mol. The minimum Gasteiger partial charge on any atom is -0.478 e. The van der Waals surface area contributed by atoms with E-state index in [1.807, 2.05) is 18.0 Å². The number of nitrogens with zero attached hydrogens (tertiary/aromatic N) is 2. The van der Waals surface area contributed by atoms with Crippen molar-refractivity contribution < 1.29 is 9.90 Å². The number of carbonyl (C=O) groups is 1. The Morgan fingerprint density at radius 1 is 1.69 bits per heavy atom. The topological polar surface area (TPSA) is 53.4 Å². The van der Waals surface area contributed by atoms with Gasteiger partial charge in [0.25, 0.3) is 0 Å². The Morgan fingerprint density at radius 3 is 3.06 bits per heavy atom. The molecule has 1 aromatic heterocycles. The molecule has 1 rings (SSSR count). The molecular formula is C12H16N2O2. The average molecular weight is 220 g/mol. The highest BCUT2D eigenvalue weighted by atomic mass is 16.4. The van der Waals surface area contributed by atoms with Crippen LogP contribution in [-0.2, 0) is 0 Å². The third-order valence-corrected chi connectivity index (χ3v) is 2.28. The van der Waals surface area contributed by atoms with E-state index >= 15 is 0 Å². The summed E-state index contributed by atoms with van der Waals surface area (Å²) in [4.78, 5) is 16.9. The van der Waals surface area contributed by atoms with Crippen LogP contribution in [0.5, 0.6) is 0 Å². The first kappa shape index (κ1) is 12.2. The number of carboxylic acids is 1. The first-order chi connectivity index (χ1) is 7.66. The summed E-state index contributed by atoms with van der Waals surface area (Å²) in [7, 11) is 1.85. The van der Waals surface area contributed by atoms with E-state index in [2.05, 4.69) is 11.6 Å². The van der Waals surface area contributed by atoms with Gasteiger partial charge >= 0.3 is 5.97 Å². The Labute approximate surface area is 95.2 Å². The summed E-state index contributed by atoms with van der Waals surface area (Å²) < 4.78 is 0. The van der Waals surface area contributed by atoms with Gasteiger partial charge in [-0.05, 0) is 25.0 Å². The molecule has 0 fully saturated rings. The zero-order valence-electron chi connectivity index (χ0n) is 9.39. The van der Waals surface area contributed by atoms with E-state index < -0.39 is 5.97 Å². The molecule has 0 aromatic carbocycles. The van der Waals surface area contributed by atoms with E-state index in [0.717, 1.165) is 19.4 Å². The number of aromatic nitrogens is 1. The molecular weight excluding hydrogens is 204 g/mol. The van der Waals surface area contributed by atoms with E-state index in [9.17, 15) is 4.79 Å². The van der Waals surface area contributed by atoms with Crippen molar-refractivity contribution in [2.45, 2.75) is 12.8 Å². The Hall–Kier alpha value is -1.84. The molecule has 1 heterocycles. The van der Waals surface area contributed by atoms with Crippen molar-refractivity contribution in [2.24, 2.45) is 0 Å². The molecule has 0 amide bonds. The Kier molecular flexibility index (Phi) is 4.51. The lowest BCUT2D eigenvalue weighted by Crippen LogP contribution is -2.22. The van der Waals surface area contributed by atoms with Gasteiger partial charge in [-0.1, -0.05) is 6.08 Å². The molecule has 0 aliphatic carbocycles. The number of rotatable bonds is 6. The van der Waals surface area contributed by atoms with Gasteiger partial charge in [0.15, 0.2) is 0 Å². The number of anilines is 1. The minimum atomic E-state index is -0.946. The van der Waals surface area contributed by atoms with Crippen molar-refractivity contribution in [1.82, 2.24) is 4.98 Å². The van der Waals surface area contributed by atoms with E-state index in [4.69, 9.17) is 5.11 Å². The fraction of sp³-hybridized carbons (Fsp3) is 0.333. The summed E-state index contributed by atoms with van der Waals surface area (Å²) in [5.41, 5.74) is 0.239. The first-order valence-electron chi connectivity index (χ1n) is 5.17. The maximum absolute atomic E-state index is 11.0. The molecule has 86 valence electrons. The lowest BCUT2D eigenvalue weighted by molar-refractivity contribution is 0.0697. The molecule has 0 aliphatic rings. The quantitative estimate of drug-likeness (QED) is 0.589. The molecule has 0 aliphatic heterocycles. The average Bonchev–Trinajstić information content (AvgIpc) is 2.29. The molecule has 4 heteroatoms. The summed E-state index contributed by atoms with van der Waals surface area (Å²) >= 11 is 0. The lowest BCUT2D eigenvalue weighted by Gasteiger charge is -2.19. The molecule has 0 saturated heterocycles. The molecule has 0 radical (unpaired) electrons. The second-order valence-electron chi connectivity index (χ2n) is 3.53. The van der Waals surface area contributed by atoms with Crippen molar-refractivity contribution in [3.05, 3.63) is 36.5 Å². The van der Waals surface area contributed by atoms with Gasteiger partial charge in [0.1, 0.15) is 11.4 Å².